The minimum Gasteiger partial charge on any atom is -0.333 e. The van der Waals surface area contributed by atoms with E-state index in [1.54, 1.807) is 0 Å². The number of hydrogen-bond donors (Lipinski definition) is 0. The van der Waals surface area contributed by atoms with Gasteiger partial charge >= 0.3 is 0 Å². The number of rotatable bonds is 4. The van der Waals surface area contributed by atoms with Gasteiger partial charge in [0.1, 0.15) is 10.6 Å². The molecule has 0 fully saturated rings. The first kappa shape index (κ1) is 18.8. The molecule has 1 aliphatic rings. The summed E-state index contributed by atoms with van der Waals surface area (Å²) in [4.78, 5) is 18.0. The highest BCUT2D eigenvalue weighted by Crippen LogP contribution is 2.29. The first-order valence-electron chi connectivity index (χ1n) is 9.46. The van der Waals surface area contributed by atoms with E-state index < -0.39 is 0 Å². The minimum atomic E-state index is 0.0243. The van der Waals surface area contributed by atoms with Crippen LogP contribution >= 0.6 is 11.5 Å². The summed E-state index contributed by atoms with van der Waals surface area (Å²) in [5.74, 6) is 0.0243. The molecule has 1 aliphatic heterocycles. The van der Waals surface area contributed by atoms with Gasteiger partial charge in [-0.05, 0) is 61.2 Å². The monoisotopic (exact) mass is 392 g/mol. The molecule has 0 saturated heterocycles. The van der Waals surface area contributed by atoms with E-state index in [9.17, 15) is 4.79 Å². The Bertz CT molecular complexity index is 1010. The number of hydrogen-bond acceptors (Lipinski definition) is 5. The Morgan fingerprint density at radius 2 is 2.00 bits per heavy atom. The van der Waals surface area contributed by atoms with Crippen LogP contribution in [0.4, 0.5) is 0 Å². The number of benzene rings is 2. The molecule has 28 heavy (non-hydrogen) atoms. The van der Waals surface area contributed by atoms with Crippen molar-refractivity contribution in [3.8, 4) is 11.3 Å². The Kier molecular flexibility index (Phi) is 5.24. The molecule has 4 rings (SSSR count). The zero-order valence-corrected chi connectivity index (χ0v) is 17.3. The molecule has 1 amide bonds. The largest absolute Gasteiger partial charge is 0.333 e. The molecule has 0 saturated carbocycles. The number of carbonyl (C=O) groups is 1. The number of aryl methyl sites for hydroxylation is 1. The molecule has 6 heteroatoms. The molecule has 0 radical (unpaired) electrons. The highest BCUT2D eigenvalue weighted by atomic mass is 32.1. The van der Waals surface area contributed by atoms with Crippen molar-refractivity contribution in [3.63, 3.8) is 0 Å². The van der Waals surface area contributed by atoms with Crippen LogP contribution in [-0.2, 0) is 19.5 Å². The summed E-state index contributed by atoms with van der Waals surface area (Å²) in [6, 6.07) is 14.6. The minimum absolute atomic E-state index is 0.0243. The lowest BCUT2D eigenvalue weighted by atomic mass is 9.96. The van der Waals surface area contributed by atoms with Gasteiger partial charge in [0.05, 0.1) is 0 Å². The van der Waals surface area contributed by atoms with Crippen molar-refractivity contribution in [1.82, 2.24) is 19.4 Å². The molecular weight excluding hydrogens is 368 g/mol. The van der Waals surface area contributed by atoms with Crippen LogP contribution in [0.3, 0.4) is 0 Å². The van der Waals surface area contributed by atoms with Gasteiger partial charge in [-0.1, -0.05) is 47.0 Å². The summed E-state index contributed by atoms with van der Waals surface area (Å²) in [5.41, 5.74) is 6.67. The zero-order chi connectivity index (χ0) is 19.7. The van der Waals surface area contributed by atoms with Gasteiger partial charge in [0.25, 0.3) is 5.91 Å². The maximum absolute atomic E-state index is 13.2. The third-order valence-corrected chi connectivity index (χ3v) is 5.87. The topological polar surface area (TPSA) is 49.3 Å². The molecule has 3 aromatic rings. The fourth-order valence-corrected chi connectivity index (χ4v) is 4.38. The Morgan fingerprint density at radius 1 is 1.18 bits per heavy atom. The maximum Gasteiger partial charge on any atom is 0.268 e. The van der Waals surface area contributed by atoms with E-state index in [4.69, 9.17) is 0 Å². The summed E-state index contributed by atoms with van der Waals surface area (Å²) in [5, 5.41) is 4.26. The zero-order valence-electron chi connectivity index (χ0n) is 16.5. The SMILES string of the molecule is Cc1ccccc1-c1nnsc1C(=O)N1CCc2cc(CN(C)C)ccc2C1. The van der Waals surface area contributed by atoms with E-state index in [1.807, 2.05) is 36.1 Å². The van der Waals surface area contributed by atoms with E-state index >= 15 is 0 Å². The lowest BCUT2D eigenvalue weighted by Gasteiger charge is -2.29. The van der Waals surface area contributed by atoms with Crippen molar-refractivity contribution in [1.29, 1.82) is 0 Å². The van der Waals surface area contributed by atoms with Crippen molar-refractivity contribution >= 4 is 17.4 Å². The van der Waals surface area contributed by atoms with Gasteiger partial charge in [0.2, 0.25) is 0 Å². The second kappa shape index (κ2) is 7.81. The molecule has 0 unspecified atom stereocenters. The summed E-state index contributed by atoms with van der Waals surface area (Å²) >= 11 is 1.19. The van der Waals surface area contributed by atoms with E-state index in [-0.39, 0.29) is 5.91 Å². The fraction of sp³-hybridized carbons (Fsp3) is 0.318. The molecule has 5 nitrogen and oxygen atoms in total. The summed E-state index contributed by atoms with van der Waals surface area (Å²) in [6.45, 7) is 4.33. The Morgan fingerprint density at radius 3 is 2.79 bits per heavy atom. The Hall–Kier alpha value is -2.57. The van der Waals surface area contributed by atoms with Crippen LogP contribution < -0.4 is 0 Å². The molecular formula is C22H24N4OS. The molecule has 2 heterocycles. The number of amides is 1. The Labute approximate surface area is 169 Å². The molecule has 0 atom stereocenters. The van der Waals surface area contributed by atoms with E-state index in [2.05, 4.69) is 46.8 Å². The van der Waals surface area contributed by atoms with Crippen LogP contribution in [0.1, 0.15) is 31.9 Å². The first-order valence-corrected chi connectivity index (χ1v) is 10.2. The molecule has 0 bridgehead atoms. The number of fused-ring (bicyclic) bond motifs is 1. The lowest BCUT2D eigenvalue weighted by Crippen LogP contribution is -2.36. The van der Waals surface area contributed by atoms with Gasteiger partial charge in [-0.25, -0.2) is 0 Å². The third-order valence-electron chi connectivity index (χ3n) is 5.15. The smallest absolute Gasteiger partial charge is 0.268 e. The van der Waals surface area contributed by atoms with Crippen LogP contribution in [0.25, 0.3) is 11.3 Å². The van der Waals surface area contributed by atoms with E-state index in [1.165, 1.54) is 28.2 Å². The lowest BCUT2D eigenvalue weighted by molar-refractivity contribution is 0.0740. The molecule has 0 aliphatic carbocycles. The number of carbonyl (C=O) groups excluding carboxylic acids is 1. The van der Waals surface area contributed by atoms with E-state index in [0.29, 0.717) is 17.1 Å². The van der Waals surface area contributed by atoms with Gasteiger partial charge in [-0.2, -0.15) is 0 Å². The molecule has 0 N–H and O–H groups in total. The highest BCUT2D eigenvalue weighted by molar-refractivity contribution is 7.08. The average molecular weight is 393 g/mol. The highest BCUT2D eigenvalue weighted by Gasteiger charge is 2.27. The molecule has 2 aromatic carbocycles. The number of nitrogens with zero attached hydrogens (tertiary/aromatic N) is 4. The molecule has 144 valence electrons. The first-order chi connectivity index (χ1) is 13.5. The summed E-state index contributed by atoms with van der Waals surface area (Å²) in [6.07, 6.45) is 0.883. The second-order valence-corrected chi connectivity index (χ2v) is 8.34. The molecule has 0 spiro atoms. The van der Waals surface area contributed by atoms with Gasteiger partial charge in [0, 0.05) is 25.2 Å². The number of aromatic nitrogens is 2. The fourth-order valence-electron chi connectivity index (χ4n) is 3.73. The summed E-state index contributed by atoms with van der Waals surface area (Å²) in [7, 11) is 4.16. The van der Waals surface area contributed by atoms with Crippen molar-refractivity contribution < 1.29 is 4.79 Å². The van der Waals surface area contributed by atoms with Crippen molar-refractivity contribution in [3.05, 3.63) is 69.6 Å². The third kappa shape index (κ3) is 3.70. The maximum atomic E-state index is 13.2. The van der Waals surface area contributed by atoms with Crippen LogP contribution in [0.5, 0.6) is 0 Å². The normalized spacial score (nSPS) is 13.6. The van der Waals surface area contributed by atoms with Crippen LogP contribution in [-0.4, -0.2) is 45.9 Å². The summed E-state index contributed by atoms with van der Waals surface area (Å²) < 4.78 is 4.08. The van der Waals surface area contributed by atoms with Gasteiger partial charge in [-0.15, -0.1) is 5.10 Å². The van der Waals surface area contributed by atoms with Crippen LogP contribution in [0, 0.1) is 6.92 Å². The predicted molar refractivity (Wildman–Crippen MR) is 112 cm³/mol. The van der Waals surface area contributed by atoms with Crippen molar-refractivity contribution in [2.24, 2.45) is 0 Å². The Balaban J connectivity index is 1.57. The molecule has 1 aromatic heterocycles. The van der Waals surface area contributed by atoms with Crippen molar-refractivity contribution in [2.75, 3.05) is 20.6 Å². The van der Waals surface area contributed by atoms with E-state index in [0.717, 1.165) is 30.6 Å². The average Bonchev–Trinajstić information content (AvgIpc) is 3.16. The van der Waals surface area contributed by atoms with Crippen LogP contribution in [0.15, 0.2) is 42.5 Å². The standard InChI is InChI=1S/C22H24N4OS/c1-15-6-4-5-7-19(15)20-21(28-24-23-20)22(27)26-11-10-17-12-16(13-25(2)3)8-9-18(17)14-26/h4-9,12H,10-11,13-14H2,1-3H3. The predicted octanol–water partition coefficient (Wildman–Crippen LogP) is 3.77. The van der Waals surface area contributed by atoms with Gasteiger partial charge in [-0.3, -0.25) is 4.79 Å². The van der Waals surface area contributed by atoms with Gasteiger partial charge in [0.15, 0.2) is 0 Å². The quantitative estimate of drug-likeness (QED) is 0.678. The van der Waals surface area contributed by atoms with Crippen LogP contribution in [0.2, 0.25) is 0 Å². The van der Waals surface area contributed by atoms with Gasteiger partial charge < -0.3 is 9.80 Å². The second-order valence-electron chi connectivity index (χ2n) is 7.58. The van der Waals surface area contributed by atoms with Crippen molar-refractivity contribution in [2.45, 2.75) is 26.4 Å².